The van der Waals surface area contributed by atoms with Crippen molar-refractivity contribution in [3.63, 3.8) is 0 Å². The molecule has 1 saturated heterocycles. The molecule has 306 valence electrons. The van der Waals surface area contributed by atoms with Gasteiger partial charge in [-0.15, -0.1) is 0 Å². The number of nitrogen functional groups attached to an aromatic ring is 1. The van der Waals surface area contributed by atoms with Gasteiger partial charge >= 0.3 is 30.3 Å². The Bertz CT molecular complexity index is 1930. The summed E-state index contributed by atoms with van der Waals surface area (Å²) in [5.41, 5.74) is 6.54. The van der Waals surface area contributed by atoms with Crippen LogP contribution >= 0.6 is 0 Å². The molecule has 0 aromatic heterocycles. The molecule has 0 unspecified atom stereocenters. The molecule has 0 radical (unpaired) electrons. The molecule has 1 aliphatic rings. The number of amidine groups is 2. The largest absolute Gasteiger partial charge is 0.492 e. The van der Waals surface area contributed by atoms with Crippen LogP contribution in [0.5, 0.6) is 11.5 Å². The van der Waals surface area contributed by atoms with Crippen LogP contribution < -0.4 is 19.9 Å². The first-order valence-electron chi connectivity index (χ1n) is 16.0. The van der Waals surface area contributed by atoms with Crippen LogP contribution in [0.4, 0.5) is 26.3 Å². The number of alkyl halides is 6. The summed E-state index contributed by atoms with van der Waals surface area (Å²) < 4.78 is 105. The number of carboxylic acids is 3. The van der Waals surface area contributed by atoms with Gasteiger partial charge in [0.1, 0.15) is 30.0 Å². The van der Waals surface area contributed by atoms with Gasteiger partial charge in [0.25, 0.3) is 0 Å². The molecule has 0 bridgehead atoms. The summed E-state index contributed by atoms with van der Waals surface area (Å²) in [5.74, 6) is -5.32. The Morgan fingerprint density at radius 1 is 0.875 bits per heavy atom. The fraction of sp³-hybridized carbons (Fsp3) is 0.324. The van der Waals surface area contributed by atoms with E-state index < -0.39 is 46.3 Å². The first kappa shape index (κ1) is 46.3. The lowest BCUT2D eigenvalue weighted by atomic mass is 10.1. The molecular formula is C34H37F6N5O10S. The van der Waals surface area contributed by atoms with E-state index >= 15 is 0 Å². The second kappa shape index (κ2) is 20.1. The Morgan fingerprint density at radius 3 is 1.89 bits per heavy atom. The van der Waals surface area contributed by atoms with Crippen molar-refractivity contribution in [2.75, 3.05) is 19.7 Å². The van der Waals surface area contributed by atoms with Crippen molar-refractivity contribution in [3.8, 4) is 11.5 Å². The third-order valence-electron chi connectivity index (χ3n) is 7.43. The molecule has 22 heteroatoms. The highest BCUT2D eigenvalue weighted by molar-refractivity contribution is 7.89. The normalized spacial score (nSPS) is 13.8. The average Bonchev–Trinajstić information content (AvgIpc) is 3.11. The highest BCUT2D eigenvalue weighted by atomic mass is 32.2. The molecule has 15 nitrogen and oxygen atoms in total. The molecule has 3 aromatic rings. The van der Waals surface area contributed by atoms with E-state index in [0.29, 0.717) is 22.9 Å². The molecule has 4 rings (SSSR count). The zero-order valence-corrected chi connectivity index (χ0v) is 30.0. The maximum absolute atomic E-state index is 13.3. The fourth-order valence-corrected chi connectivity index (χ4v) is 6.16. The van der Waals surface area contributed by atoms with Crippen molar-refractivity contribution in [1.29, 1.82) is 10.8 Å². The van der Waals surface area contributed by atoms with Crippen LogP contribution in [0.15, 0.2) is 77.7 Å². The van der Waals surface area contributed by atoms with Crippen molar-refractivity contribution in [2.45, 2.75) is 55.6 Å². The number of aromatic carboxylic acids is 1. The average molecular weight is 822 g/mol. The van der Waals surface area contributed by atoms with Crippen LogP contribution in [0.2, 0.25) is 0 Å². The number of rotatable bonds is 12. The second-order valence-electron chi connectivity index (χ2n) is 11.7. The molecule has 0 spiro atoms. The lowest BCUT2D eigenvalue weighted by Crippen LogP contribution is -2.41. The van der Waals surface area contributed by atoms with E-state index in [4.69, 9.17) is 45.8 Å². The molecular weight excluding hydrogens is 784 g/mol. The van der Waals surface area contributed by atoms with Crippen molar-refractivity contribution < 1.29 is 73.9 Å². The van der Waals surface area contributed by atoms with Gasteiger partial charge in [-0.1, -0.05) is 36.4 Å². The highest BCUT2D eigenvalue weighted by Gasteiger charge is 2.39. The number of carboxylic acid groups (broad SMARTS) is 3. The summed E-state index contributed by atoms with van der Waals surface area (Å²) in [7, 11) is -4.23. The predicted octanol–water partition coefficient (Wildman–Crippen LogP) is 4.74. The Morgan fingerprint density at radius 2 is 1.41 bits per heavy atom. The van der Waals surface area contributed by atoms with Crippen LogP contribution in [0.25, 0.3) is 0 Å². The predicted molar refractivity (Wildman–Crippen MR) is 187 cm³/mol. The van der Waals surface area contributed by atoms with Gasteiger partial charge < -0.3 is 35.4 Å². The minimum absolute atomic E-state index is 0.0551. The number of ether oxygens (including phenoxy) is 2. The number of piperidine rings is 1. The third kappa shape index (κ3) is 15.5. The summed E-state index contributed by atoms with van der Waals surface area (Å²) in [4.78, 5) is 31.2. The lowest BCUT2D eigenvalue weighted by molar-refractivity contribution is -0.193. The van der Waals surface area contributed by atoms with Crippen LogP contribution in [0.3, 0.4) is 0 Å². The number of halogens is 6. The van der Waals surface area contributed by atoms with Crippen LogP contribution in [0.1, 0.15) is 41.3 Å². The van der Waals surface area contributed by atoms with Crippen molar-refractivity contribution in [2.24, 2.45) is 5.73 Å². The van der Waals surface area contributed by atoms with Crippen molar-refractivity contribution in [1.82, 2.24) is 9.62 Å². The van der Waals surface area contributed by atoms with Crippen LogP contribution in [0, 0.1) is 10.8 Å². The zero-order valence-electron chi connectivity index (χ0n) is 29.2. The number of sulfonamides is 1. The van der Waals surface area contributed by atoms with Gasteiger partial charge in [-0.2, -0.15) is 26.3 Å². The molecule has 1 fully saturated rings. The summed E-state index contributed by atoms with van der Waals surface area (Å²) in [5, 5.41) is 39.2. The summed E-state index contributed by atoms with van der Waals surface area (Å²) in [6.45, 7) is 3.27. The fourth-order valence-electron chi connectivity index (χ4n) is 4.74. The molecule has 0 saturated carbocycles. The first-order chi connectivity index (χ1) is 25.9. The van der Waals surface area contributed by atoms with Gasteiger partial charge in [-0.05, 0) is 55.3 Å². The third-order valence-corrected chi connectivity index (χ3v) is 9.01. The van der Waals surface area contributed by atoms with E-state index in [1.54, 1.807) is 31.2 Å². The number of benzene rings is 3. The molecule has 56 heavy (non-hydrogen) atoms. The van der Waals surface area contributed by atoms with E-state index in [2.05, 4.69) is 4.72 Å². The van der Waals surface area contributed by atoms with Gasteiger partial charge in [-0.3, -0.25) is 10.8 Å². The molecule has 3 aromatic carbocycles. The maximum atomic E-state index is 13.3. The van der Waals surface area contributed by atoms with E-state index in [9.17, 15) is 44.7 Å². The Labute approximate surface area is 315 Å². The molecule has 1 atom stereocenters. The van der Waals surface area contributed by atoms with E-state index in [1.807, 2.05) is 29.2 Å². The minimum atomic E-state index is -5.08. The monoisotopic (exact) mass is 821 g/mol. The van der Waals surface area contributed by atoms with Gasteiger partial charge in [0.2, 0.25) is 10.0 Å². The molecule has 1 aliphatic heterocycles. The van der Waals surface area contributed by atoms with Gasteiger partial charge in [-0.25, -0.2) is 27.5 Å². The van der Waals surface area contributed by atoms with Crippen LogP contribution in [-0.4, -0.2) is 102 Å². The Hall–Kier alpha value is -5.90. The van der Waals surface area contributed by atoms with E-state index in [0.717, 1.165) is 31.5 Å². The Kier molecular flexibility index (Phi) is 16.6. The summed E-state index contributed by atoms with van der Waals surface area (Å²) in [6.07, 6.45) is -8.22. The van der Waals surface area contributed by atoms with Gasteiger partial charge in [0.05, 0.1) is 22.3 Å². The van der Waals surface area contributed by atoms with Gasteiger partial charge in [0, 0.05) is 31.5 Å². The number of nitrogens with zero attached hydrogens (tertiary/aromatic N) is 1. The van der Waals surface area contributed by atoms with Gasteiger partial charge in [0.15, 0.2) is 0 Å². The number of nitrogens with two attached hydrogens (primary N) is 1. The number of hydrogen-bond donors (Lipinski definition) is 7. The SMILES string of the molecule is CC(=N)N1CCC(Oc2ccc(C[C@@H](COc3cccc(C(=N)N)c3)NS(=O)(=O)c3ccccc3C(=O)O)cc2)CC1.O=C(O)C(F)(F)F.O=C(O)C(F)(F)F. The second-order valence-corrected chi connectivity index (χ2v) is 13.4. The minimum Gasteiger partial charge on any atom is -0.492 e. The highest BCUT2D eigenvalue weighted by Crippen LogP contribution is 2.22. The quantitative estimate of drug-likeness (QED) is 0.0743. The van der Waals surface area contributed by atoms with E-state index in [1.165, 1.54) is 24.3 Å². The molecule has 1 heterocycles. The molecule has 0 aliphatic carbocycles. The Balaban J connectivity index is 0.000000657. The number of nitrogens with one attached hydrogen (secondary N) is 3. The number of hydrogen-bond acceptors (Lipinski definition) is 9. The van der Waals surface area contributed by atoms with E-state index in [-0.39, 0.29) is 35.4 Å². The number of likely N-dealkylation sites (tertiary alicyclic amines) is 1. The van der Waals surface area contributed by atoms with Crippen molar-refractivity contribution >= 4 is 39.6 Å². The standard InChI is InChI=1S/C30H35N5O6S.2C2HF3O2/c1-20(31)35-15-13-25(14-16-35)41-24-11-9-21(10-12-24)17-23(19-40-26-6-4-5-22(18-26)29(32)33)34-42(38,39)28-8-3-2-7-27(28)30(36)37;2*3-2(4,5)1(6)7/h2-12,18,23,25,31,34H,13-17,19H2,1H3,(H3,32,33)(H,36,37);2*(H,6,7)/t23-;;/m0../s1. The molecule has 8 N–H and O–H groups in total. The zero-order chi connectivity index (χ0) is 42.4. The number of aliphatic carboxylic acids is 2. The summed E-state index contributed by atoms with van der Waals surface area (Å²) >= 11 is 0. The van der Waals surface area contributed by atoms with Crippen molar-refractivity contribution in [3.05, 3.63) is 89.5 Å². The number of carbonyl (C=O) groups is 3. The van der Waals surface area contributed by atoms with Crippen LogP contribution in [-0.2, 0) is 26.0 Å². The first-order valence-corrected chi connectivity index (χ1v) is 17.5. The lowest BCUT2D eigenvalue weighted by Gasteiger charge is -2.32. The summed E-state index contributed by atoms with van der Waals surface area (Å²) in [6, 6.07) is 18.7. The molecule has 0 amide bonds. The smallest absolute Gasteiger partial charge is 0.490 e. The topological polar surface area (TPSA) is 253 Å². The maximum Gasteiger partial charge on any atom is 0.490 e.